The predicted octanol–water partition coefficient (Wildman–Crippen LogP) is 4.36. The molecule has 5 heterocycles. The van der Waals surface area contributed by atoms with Crippen molar-refractivity contribution in [2.45, 2.75) is 25.8 Å². The number of amides is 1. The van der Waals surface area contributed by atoms with Gasteiger partial charge in [-0.3, -0.25) is 9.20 Å². The summed E-state index contributed by atoms with van der Waals surface area (Å²) in [5.41, 5.74) is 3.27. The van der Waals surface area contributed by atoms with Gasteiger partial charge in [0.25, 0.3) is 11.6 Å². The molecule has 1 aliphatic rings. The molecule has 0 radical (unpaired) electrons. The van der Waals surface area contributed by atoms with Crippen LogP contribution in [-0.4, -0.2) is 42.1 Å². The first-order valence-electron chi connectivity index (χ1n) is 10.7. The number of nitrogens with zero attached hydrogens (tertiary/aromatic N) is 6. The third-order valence-corrected chi connectivity index (χ3v) is 6.14. The van der Waals surface area contributed by atoms with Crippen molar-refractivity contribution < 1.29 is 13.7 Å². The molecule has 1 saturated heterocycles. The fraction of sp³-hybridized carbons (Fsp3) is 0.208. The molecule has 0 aliphatic carbocycles. The molecule has 6 rings (SSSR count). The Labute approximate surface area is 187 Å². The Bertz CT molecular complexity index is 1510. The molecule has 164 valence electrons. The third-order valence-electron chi connectivity index (χ3n) is 6.14. The van der Waals surface area contributed by atoms with Crippen LogP contribution in [0.25, 0.3) is 28.0 Å². The molecule has 0 unspecified atom stereocenters. The van der Waals surface area contributed by atoms with E-state index >= 15 is 0 Å². The molecule has 9 heteroatoms. The number of carbonyl (C=O) groups is 1. The zero-order valence-corrected chi connectivity index (χ0v) is 17.8. The van der Waals surface area contributed by atoms with Crippen molar-refractivity contribution in [1.82, 2.24) is 29.6 Å². The Hall–Kier alpha value is -4.14. The second kappa shape index (κ2) is 7.47. The summed E-state index contributed by atoms with van der Waals surface area (Å²) in [5.74, 6) is 0.252. The lowest BCUT2D eigenvalue weighted by Gasteiger charge is -2.24. The molecule has 4 aromatic heterocycles. The first-order valence-corrected chi connectivity index (χ1v) is 10.7. The van der Waals surface area contributed by atoms with Crippen LogP contribution in [0.1, 0.15) is 40.8 Å². The van der Waals surface area contributed by atoms with Gasteiger partial charge in [-0.15, -0.1) is 10.2 Å². The van der Waals surface area contributed by atoms with Gasteiger partial charge in [-0.2, -0.15) is 0 Å². The van der Waals surface area contributed by atoms with E-state index in [0.717, 1.165) is 24.3 Å². The summed E-state index contributed by atoms with van der Waals surface area (Å²) in [6.07, 6.45) is 3.57. The fourth-order valence-corrected chi connectivity index (χ4v) is 4.55. The molecule has 0 bridgehead atoms. The topological polar surface area (TPSA) is 89.4 Å². The number of aromatic nitrogens is 5. The van der Waals surface area contributed by atoms with Crippen LogP contribution in [0.15, 0.2) is 59.3 Å². The lowest BCUT2D eigenvalue weighted by atomic mass is 10.0. The van der Waals surface area contributed by atoms with E-state index in [0.29, 0.717) is 34.4 Å². The lowest BCUT2D eigenvalue weighted by Crippen LogP contribution is -2.31. The Balaban J connectivity index is 1.46. The first-order chi connectivity index (χ1) is 16.1. The smallest absolute Gasteiger partial charge is 0.259 e. The van der Waals surface area contributed by atoms with Crippen LogP contribution in [0.4, 0.5) is 4.39 Å². The number of benzene rings is 1. The van der Waals surface area contributed by atoms with Crippen LogP contribution < -0.4 is 0 Å². The SMILES string of the molecule is Cc1noc2nc(-c3ccc(F)cc3)cc(C(=O)N3CCC[C@H]3c3nnc4ccccn34)c12. The molecule has 1 aliphatic heterocycles. The Morgan fingerprint density at radius 1 is 1.15 bits per heavy atom. The van der Waals surface area contributed by atoms with Crippen LogP contribution in [-0.2, 0) is 0 Å². The van der Waals surface area contributed by atoms with Gasteiger partial charge in [0, 0.05) is 18.3 Å². The van der Waals surface area contributed by atoms with Gasteiger partial charge in [0.15, 0.2) is 11.5 Å². The molecule has 1 aromatic carbocycles. The van der Waals surface area contributed by atoms with E-state index in [9.17, 15) is 9.18 Å². The van der Waals surface area contributed by atoms with E-state index in [1.54, 1.807) is 25.1 Å². The number of fused-ring (bicyclic) bond motifs is 2. The van der Waals surface area contributed by atoms with Crippen molar-refractivity contribution >= 4 is 22.7 Å². The number of halogens is 1. The molecule has 1 amide bonds. The quantitative estimate of drug-likeness (QED) is 0.413. The first kappa shape index (κ1) is 19.5. The number of carbonyl (C=O) groups excluding carboxylic acids is 1. The molecule has 33 heavy (non-hydrogen) atoms. The van der Waals surface area contributed by atoms with Crippen LogP contribution in [0, 0.1) is 12.7 Å². The van der Waals surface area contributed by atoms with E-state index in [-0.39, 0.29) is 23.5 Å². The van der Waals surface area contributed by atoms with Gasteiger partial charge < -0.3 is 9.42 Å². The summed E-state index contributed by atoms with van der Waals surface area (Å²) in [6.45, 7) is 2.39. The van der Waals surface area contributed by atoms with Crippen molar-refractivity contribution in [2.24, 2.45) is 0 Å². The van der Waals surface area contributed by atoms with Gasteiger partial charge >= 0.3 is 0 Å². The predicted molar refractivity (Wildman–Crippen MR) is 118 cm³/mol. The van der Waals surface area contributed by atoms with Crippen molar-refractivity contribution in [2.75, 3.05) is 6.54 Å². The van der Waals surface area contributed by atoms with E-state index in [2.05, 4.69) is 20.3 Å². The number of hydrogen-bond donors (Lipinski definition) is 0. The summed E-state index contributed by atoms with van der Waals surface area (Å²) >= 11 is 0. The monoisotopic (exact) mass is 442 g/mol. The Morgan fingerprint density at radius 2 is 2.00 bits per heavy atom. The highest BCUT2D eigenvalue weighted by molar-refractivity contribution is 6.07. The molecular formula is C24H19FN6O2. The maximum absolute atomic E-state index is 13.9. The maximum atomic E-state index is 13.9. The van der Waals surface area contributed by atoms with Crippen molar-refractivity contribution in [3.63, 3.8) is 0 Å². The summed E-state index contributed by atoms with van der Waals surface area (Å²) in [6, 6.07) is 13.2. The highest BCUT2D eigenvalue weighted by Gasteiger charge is 2.35. The van der Waals surface area contributed by atoms with Gasteiger partial charge in [0.05, 0.1) is 28.4 Å². The number of aryl methyl sites for hydroxylation is 1. The second-order valence-electron chi connectivity index (χ2n) is 8.15. The highest BCUT2D eigenvalue weighted by Crippen LogP contribution is 2.35. The highest BCUT2D eigenvalue weighted by atomic mass is 19.1. The van der Waals surface area contributed by atoms with Crippen LogP contribution in [0.5, 0.6) is 0 Å². The molecular weight excluding hydrogens is 423 g/mol. The Kier molecular flexibility index (Phi) is 4.42. The van der Waals surface area contributed by atoms with Gasteiger partial charge in [-0.05, 0) is 62.2 Å². The minimum Gasteiger partial charge on any atom is -0.335 e. The van der Waals surface area contributed by atoms with Gasteiger partial charge in [-0.1, -0.05) is 11.2 Å². The number of rotatable bonds is 3. The van der Waals surface area contributed by atoms with Gasteiger partial charge in [-0.25, -0.2) is 9.37 Å². The van der Waals surface area contributed by atoms with Crippen LogP contribution in [0.3, 0.4) is 0 Å². The fourth-order valence-electron chi connectivity index (χ4n) is 4.55. The number of pyridine rings is 2. The molecule has 0 spiro atoms. The second-order valence-corrected chi connectivity index (χ2v) is 8.15. The molecule has 0 saturated carbocycles. The maximum Gasteiger partial charge on any atom is 0.259 e. The van der Waals surface area contributed by atoms with Crippen LogP contribution in [0.2, 0.25) is 0 Å². The minimum atomic E-state index is -0.341. The lowest BCUT2D eigenvalue weighted by molar-refractivity contribution is 0.0731. The van der Waals surface area contributed by atoms with E-state index in [1.165, 1.54) is 12.1 Å². The number of likely N-dealkylation sites (tertiary alicyclic amines) is 1. The van der Waals surface area contributed by atoms with Gasteiger partial charge in [0.1, 0.15) is 5.82 Å². The molecule has 0 N–H and O–H groups in total. The molecule has 5 aromatic rings. The van der Waals surface area contributed by atoms with E-state index < -0.39 is 0 Å². The zero-order valence-electron chi connectivity index (χ0n) is 17.8. The standard InChI is InChI=1S/C24H19FN6O2/c1-14-21-17(13-18(26-23(21)33-29-14)15-7-9-16(25)10-8-15)24(32)30-12-4-5-19(30)22-28-27-20-6-2-3-11-31(20)22/h2-3,6-11,13,19H,4-5,12H2,1H3/t19-/m0/s1. The van der Waals surface area contributed by atoms with Gasteiger partial charge in [0.2, 0.25) is 0 Å². The van der Waals surface area contributed by atoms with Crippen molar-refractivity contribution in [3.8, 4) is 11.3 Å². The van der Waals surface area contributed by atoms with Crippen molar-refractivity contribution in [3.05, 3.63) is 77.6 Å². The average Bonchev–Trinajstić information content (AvgIpc) is 3.57. The third kappa shape index (κ3) is 3.15. The Morgan fingerprint density at radius 3 is 2.85 bits per heavy atom. The summed E-state index contributed by atoms with van der Waals surface area (Å²) in [7, 11) is 0. The minimum absolute atomic E-state index is 0.146. The van der Waals surface area contributed by atoms with Crippen molar-refractivity contribution in [1.29, 1.82) is 0 Å². The largest absolute Gasteiger partial charge is 0.335 e. The summed E-state index contributed by atoms with van der Waals surface area (Å²) in [4.78, 5) is 20.3. The van der Waals surface area contributed by atoms with E-state index in [1.807, 2.05) is 33.7 Å². The molecule has 1 fully saturated rings. The summed E-state index contributed by atoms with van der Waals surface area (Å²) in [5, 5.41) is 13.3. The van der Waals surface area contributed by atoms with E-state index in [4.69, 9.17) is 4.52 Å². The van der Waals surface area contributed by atoms with Crippen LogP contribution >= 0.6 is 0 Å². The molecule has 8 nitrogen and oxygen atoms in total. The number of hydrogen-bond acceptors (Lipinski definition) is 6. The zero-order chi connectivity index (χ0) is 22.5. The normalized spacial score (nSPS) is 16.2. The summed E-state index contributed by atoms with van der Waals surface area (Å²) < 4.78 is 20.8. The average molecular weight is 442 g/mol. The molecule has 1 atom stereocenters.